The van der Waals surface area contributed by atoms with Gasteiger partial charge in [0.25, 0.3) is 5.91 Å². The van der Waals surface area contributed by atoms with E-state index in [2.05, 4.69) is 4.84 Å². The molecule has 1 aliphatic carbocycles. The van der Waals surface area contributed by atoms with E-state index in [-0.39, 0.29) is 18.1 Å². The lowest BCUT2D eigenvalue weighted by Crippen LogP contribution is -2.29. The summed E-state index contributed by atoms with van der Waals surface area (Å²) in [6.07, 6.45) is 1.48. The van der Waals surface area contributed by atoms with Gasteiger partial charge in [-0.2, -0.15) is 5.48 Å². The summed E-state index contributed by atoms with van der Waals surface area (Å²) in [6, 6.07) is 8.29. The summed E-state index contributed by atoms with van der Waals surface area (Å²) in [7, 11) is 0. The summed E-state index contributed by atoms with van der Waals surface area (Å²) < 4.78 is 0. The van der Waals surface area contributed by atoms with Crippen molar-refractivity contribution in [3.63, 3.8) is 0 Å². The van der Waals surface area contributed by atoms with Gasteiger partial charge >= 0.3 is 5.97 Å². The van der Waals surface area contributed by atoms with Crippen molar-refractivity contribution >= 4 is 17.7 Å². The molecule has 94 valence electrons. The minimum absolute atomic E-state index is 0.0283. The lowest BCUT2D eigenvalue weighted by Gasteiger charge is -2.04. The zero-order valence-corrected chi connectivity index (χ0v) is 9.72. The van der Waals surface area contributed by atoms with Crippen LogP contribution < -0.4 is 5.48 Å². The molecule has 1 N–H and O–H groups in total. The average molecular weight is 247 g/mol. The van der Waals surface area contributed by atoms with Crippen molar-refractivity contribution in [2.24, 2.45) is 5.92 Å². The van der Waals surface area contributed by atoms with E-state index in [1.54, 1.807) is 30.3 Å². The van der Waals surface area contributed by atoms with Crippen molar-refractivity contribution in [2.45, 2.75) is 19.3 Å². The Morgan fingerprint density at radius 1 is 1.17 bits per heavy atom. The number of hydrogen-bond acceptors (Lipinski definition) is 4. The van der Waals surface area contributed by atoms with Gasteiger partial charge in [0.1, 0.15) is 5.78 Å². The van der Waals surface area contributed by atoms with Crippen LogP contribution in [-0.4, -0.2) is 17.7 Å². The zero-order chi connectivity index (χ0) is 13.0. The van der Waals surface area contributed by atoms with Gasteiger partial charge in [-0.3, -0.25) is 9.59 Å². The van der Waals surface area contributed by atoms with Gasteiger partial charge in [-0.15, -0.1) is 0 Å². The predicted molar refractivity (Wildman–Crippen MR) is 62.3 cm³/mol. The molecule has 0 aromatic heterocycles. The van der Waals surface area contributed by atoms with Crippen molar-refractivity contribution in [1.82, 2.24) is 5.48 Å². The van der Waals surface area contributed by atoms with E-state index in [0.29, 0.717) is 5.56 Å². The van der Waals surface area contributed by atoms with Crippen LogP contribution in [0.1, 0.15) is 29.6 Å². The number of nitrogens with one attached hydrogen (secondary N) is 1. The Hall–Kier alpha value is -2.17. The molecule has 0 heterocycles. The quantitative estimate of drug-likeness (QED) is 0.642. The van der Waals surface area contributed by atoms with E-state index in [0.717, 1.165) is 12.8 Å². The molecule has 0 saturated heterocycles. The Morgan fingerprint density at radius 2 is 1.83 bits per heavy atom. The Morgan fingerprint density at radius 3 is 2.44 bits per heavy atom. The van der Waals surface area contributed by atoms with E-state index in [1.807, 2.05) is 5.48 Å². The Labute approximate surface area is 104 Å². The van der Waals surface area contributed by atoms with Crippen LogP contribution in [0.4, 0.5) is 0 Å². The molecule has 0 spiro atoms. The summed E-state index contributed by atoms with van der Waals surface area (Å²) in [4.78, 5) is 38.7. The van der Waals surface area contributed by atoms with E-state index >= 15 is 0 Å². The molecule has 0 bridgehead atoms. The SMILES string of the molecule is O=C(CC(=O)C1CC1)NOC(=O)c1ccccc1. The first-order valence-electron chi connectivity index (χ1n) is 5.74. The molecule has 0 aliphatic heterocycles. The van der Waals surface area contributed by atoms with Crippen molar-refractivity contribution < 1.29 is 19.2 Å². The summed E-state index contributed by atoms with van der Waals surface area (Å²) in [5.74, 6) is -1.30. The van der Waals surface area contributed by atoms with Crippen molar-refractivity contribution in [2.75, 3.05) is 0 Å². The minimum atomic E-state index is -0.650. The molecule has 1 saturated carbocycles. The maximum Gasteiger partial charge on any atom is 0.362 e. The first-order chi connectivity index (χ1) is 8.66. The summed E-state index contributed by atoms with van der Waals surface area (Å²) in [5.41, 5.74) is 2.32. The van der Waals surface area contributed by atoms with Crippen LogP contribution >= 0.6 is 0 Å². The molecular weight excluding hydrogens is 234 g/mol. The fraction of sp³-hybridized carbons (Fsp3) is 0.308. The van der Waals surface area contributed by atoms with Crippen molar-refractivity contribution in [1.29, 1.82) is 0 Å². The van der Waals surface area contributed by atoms with Crippen LogP contribution in [0.15, 0.2) is 30.3 Å². The van der Waals surface area contributed by atoms with Gasteiger partial charge in [-0.1, -0.05) is 18.2 Å². The molecule has 5 heteroatoms. The van der Waals surface area contributed by atoms with Crippen LogP contribution in [0.5, 0.6) is 0 Å². The first kappa shape index (κ1) is 12.3. The van der Waals surface area contributed by atoms with E-state index < -0.39 is 11.9 Å². The third-order valence-corrected chi connectivity index (χ3v) is 2.63. The highest BCUT2D eigenvalue weighted by molar-refractivity contribution is 6.00. The average Bonchev–Trinajstić information content (AvgIpc) is 3.21. The predicted octanol–water partition coefficient (Wildman–Crippen LogP) is 1.24. The number of hydrogen-bond donors (Lipinski definition) is 1. The van der Waals surface area contributed by atoms with Crippen LogP contribution in [0.2, 0.25) is 0 Å². The molecule has 1 fully saturated rings. The zero-order valence-electron chi connectivity index (χ0n) is 9.72. The second kappa shape index (κ2) is 5.44. The second-order valence-electron chi connectivity index (χ2n) is 4.20. The highest BCUT2D eigenvalue weighted by Crippen LogP contribution is 2.30. The first-order valence-corrected chi connectivity index (χ1v) is 5.74. The fourth-order valence-corrected chi connectivity index (χ4v) is 1.48. The second-order valence-corrected chi connectivity index (χ2v) is 4.20. The number of amides is 1. The van der Waals surface area contributed by atoms with Gasteiger partial charge in [0.2, 0.25) is 0 Å². The molecule has 2 rings (SSSR count). The van der Waals surface area contributed by atoms with Gasteiger partial charge in [0.05, 0.1) is 12.0 Å². The van der Waals surface area contributed by atoms with Crippen LogP contribution in [0, 0.1) is 5.92 Å². The lowest BCUT2D eigenvalue weighted by atomic mass is 10.2. The number of ketones is 1. The fourth-order valence-electron chi connectivity index (χ4n) is 1.48. The van der Waals surface area contributed by atoms with Crippen molar-refractivity contribution in [3.05, 3.63) is 35.9 Å². The highest BCUT2D eigenvalue weighted by atomic mass is 16.7. The van der Waals surface area contributed by atoms with Crippen LogP contribution in [0.25, 0.3) is 0 Å². The van der Waals surface area contributed by atoms with Gasteiger partial charge < -0.3 is 4.84 Å². The van der Waals surface area contributed by atoms with E-state index in [4.69, 9.17) is 0 Å². The Kier molecular flexibility index (Phi) is 3.72. The van der Waals surface area contributed by atoms with E-state index in [9.17, 15) is 14.4 Å². The van der Waals surface area contributed by atoms with Gasteiger partial charge in [-0.25, -0.2) is 4.79 Å². The Balaban J connectivity index is 1.75. The molecule has 1 aromatic carbocycles. The monoisotopic (exact) mass is 247 g/mol. The number of rotatable bonds is 4. The Bertz CT molecular complexity index is 465. The highest BCUT2D eigenvalue weighted by Gasteiger charge is 2.30. The third kappa shape index (κ3) is 3.41. The normalized spacial score (nSPS) is 13.8. The van der Waals surface area contributed by atoms with Gasteiger partial charge in [-0.05, 0) is 25.0 Å². The summed E-state index contributed by atoms with van der Waals surface area (Å²) >= 11 is 0. The maximum absolute atomic E-state index is 11.5. The summed E-state index contributed by atoms with van der Waals surface area (Å²) in [5, 5.41) is 0. The van der Waals surface area contributed by atoms with Crippen LogP contribution in [-0.2, 0) is 14.4 Å². The molecule has 1 aliphatic rings. The van der Waals surface area contributed by atoms with Gasteiger partial charge in [0, 0.05) is 5.92 Å². The number of carbonyl (C=O) groups is 3. The topological polar surface area (TPSA) is 72.5 Å². The van der Waals surface area contributed by atoms with Crippen molar-refractivity contribution in [3.8, 4) is 0 Å². The third-order valence-electron chi connectivity index (χ3n) is 2.63. The maximum atomic E-state index is 11.5. The molecule has 5 nitrogen and oxygen atoms in total. The lowest BCUT2D eigenvalue weighted by molar-refractivity contribution is -0.134. The number of carbonyl (C=O) groups excluding carboxylic acids is 3. The molecule has 0 unspecified atom stereocenters. The van der Waals surface area contributed by atoms with Crippen LogP contribution in [0.3, 0.4) is 0 Å². The number of hydroxylamine groups is 1. The largest absolute Gasteiger partial charge is 0.362 e. The van der Waals surface area contributed by atoms with Gasteiger partial charge in [0.15, 0.2) is 0 Å². The molecular formula is C13H13NO4. The standard InChI is InChI=1S/C13H13NO4/c15-11(9-6-7-9)8-12(16)14-18-13(17)10-4-2-1-3-5-10/h1-5,9H,6-8H2,(H,14,16). The molecule has 1 amide bonds. The number of Topliss-reactive ketones (excluding diaryl/α,β-unsaturated/α-hetero) is 1. The summed E-state index contributed by atoms with van der Waals surface area (Å²) in [6.45, 7) is 0. The molecule has 0 radical (unpaired) electrons. The minimum Gasteiger partial charge on any atom is -0.335 e. The molecule has 1 aromatic rings. The molecule has 0 atom stereocenters. The molecule has 18 heavy (non-hydrogen) atoms. The number of benzene rings is 1. The van der Waals surface area contributed by atoms with E-state index in [1.165, 1.54) is 0 Å². The smallest absolute Gasteiger partial charge is 0.335 e.